The first-order chi connectivity index (χ1) is 6.81. The van der Waals surface area contributed by atoms with E-state index in [1.165, 1.54) is 6.08 Å². The molecular formula is C11H8FNO. The van der Waals surface area contributed by atoms with Gasteiger partial charge in [0.1, 0.15) is 6.33 Å². The van der Waals surface area contributed by atoms with Gasteiger partial charge < -0.3 is 5.32 Å². The molecule has 0 radical (unpaired) electrons. The third-order valence-electron chi connectivity index (χ3n) is 2.02. The number of hydrogen-bond acceptors (Lipinski definition) is 1. The molecule has 0 bridgehead atoms. The zero-order chi connectivity index (χ0) is 9.97. The maximum atomic E-state index is 12.4. The molecule has 0 aromatic heterocycles. The summed E-state index contributed by atoms with van der Waals surface area (Å²) >= 11 is 0. The van der Waals surface area contributed by atoms with Gasteiger partial charge in [-0.05, 0) is 5.56 Å². The number of nitrogens with one attached hydrogen (secondary N) is 1. The second-order valence-electron chi connectivity index (χ2n) is 2.94. The van der Waals surface area contributed by atoms with Crippen LogP contribution in [-0.4, -0.2) is 5.91 Å². The largest absolute Gasteiger partial charge is 0.320 e. The quantitative estimate of drug-likeness (QED) is 0.719. The van der Waals surface area contributed by atoms with Gasteiger partial charge in [0, 0.05) is 11.6 Å². The van der Waals surface area contributed by atoms with Crippen molar-refractivity contribution in [2.24, 2.45) is 0 Å². The third kappa shape index (κ3) is 1.44. The highest BCUT2D eigenvalue weighted by atomic mass is 19.1. The van der Waals surface area contributed by atoms with Crippen molar-refractivity contribution < 1.29 is 9.18 Å². The maximum absolute atomic E-state index is 12.4. The average Bonchev–Trinajstić information content (AvgIpc) is 2.61. The van der Waals surface area contributed by atoms with Crippen LogP contribution in [0.3, 0.4) is 0 Å². The van der Waals surface area contributed by atoms with E-state index in [9.17, 15) is 9.18 Å². The number of allylic oxidation sites excluding steroid dienone is 1. The molecule has 0 fully saturated rings. The topological polar surface area (TPSA) is 29.1 Å². The molecule has 0 spiro atoms. The van der Waals surface area contributed by atoms with Crippen LogP contribution in [0.5, 0.6) is 0 Å². The second kappa shape index (κ2) is 3.46. The Balaban J connectivity index is 2.44. The van der Waals surface area contributed by atoms with Gasteiger partial charge in [-0.1, -0.05) is 30.3 Å². The van der Waals surface area contributed by atoms with Crippen molar-refractivity contribution in [2.45, 2.75) is 0 Å². The summed E-state index contributed by atoms with van der Waals surface area (Å²) in [5.41, 5.74) is 1.65. The van der Waals surface area contributed by atoms with Crippen LogP contribution in [-0.2, 0) is 4.79 Å². The summed E-state index contributed by atoms with van der Waals surface area (Å²) < 4.78 is 12.4. The van der Waals surface area contributed by atoms with E-state index in [2.05, 4.69) is 5.32 Å². The van der Waals surface area contributed by atoms with Gasteiger partial charge in [0.05, 0.1) is 5.70 Å². The molecule has 1 heterocycles. The number of rotatable bonds is 1. The first kappa shape index (κ1) is 8.69. The predicted molar refractivity (Wildman–Crippen MR) is 51.8 cm³/mol. The Morgan fingerprint density at radius 1 is 1.21 bits per heavy atom. The Kier molecular flexibility index (Phi) is 2.14. The Hall–Kier alpha value is -1.90. The number of carbonyl (C=O) groups excluding carboxylic acids is 1. The summed E-state index contributed by atoms with van der Waals surface area (Å²) in [7, 11) is 0. The fourth-order valence-electron chi connectivity index (χ4n) is 1.39. The third-order valence-corrected chi connectivity index (χ3v) is 2.02. The summed E-state index contributed by atoms with van der Waals surface area (Å²) in [6.45, 7) is 0. The van der Waals surface area contributed by atoms with Crippen LogP contribution in [0.1, 0.15) is 5.56 Å². The Morgan fingerprint density at radius 2 is 1.93 bits per heavy atom. The van der Waals surface area contributed by atoms with Crippen molar-refractivity contribution in [1.29, 1.82) is 0 Å². The van der Waals surface area contributed by atoms with E-state index in [0.29, 0.717) is 11.9 Å². The lowest BCUT2D eigenvalue weighted by molar-refractivity contribution is -0.115. The molecule has 70 valence electrons. The standard InChI is InChI=1S/C11H8FNO/c12-7-10-9(6-11(14)13-10)8-4-2-1-3-5-8/h1-7H,(H,13,14)/b10-7-. The first-order valence-electron chi connectivity index (χ1n) is 4.20. The van der Waals surface area contributed by atoms with Crippen molar-refractivity contribution in [3.8, 4) is 0 Å². The van der Waals surface area contributed by atoms with Crippen LogP contribution in [0.4, 0.5) is 4.39 Å². The molecule has 3 heteroatoms. The zero-order valence-electron chi connectivity index (χ0n) is 7.33. The van der Waals surface area contributed by atoms with Crippen LogP contribution in [0.15, 0.2) is 48.4 Å². The van der Waals surface area contributed by atoms with Crippen LogP contribution in [0.25, 0.3) is 5.57 Å². The number of carbonyl (C=O) groups is 1. The molecular weight excluding hydrogens is 181 g/mol. The van der Waals surface area contributed by atoms with Gasteiger partial charge in [0.15, 0.2) is 0 Å². The lowest BCUT2D eigenvalue weighted by Crippen LogP contribution is -2.12. The molecule has 1 aromatic carbocycles. The lowest BCUT2D eigenvalue weighted by atomic mass is 10.1. The number of hydrogen-bond donors (Lipinski definition) is 1. The molecule has 1 aliphatic rings. The Bertz CT molecular complexity index is 420. The minimum Gasteiger partial charge on any atom is -0.320 e. The molecule has 2 rings (SSSR count). The van der Waals surface area contributed by atoms with Crippen LogP contribution in [0, 0.1) is 0 Å². The van der Waals surface area contributed by atoms with Gasteiger partial charge >= 0.3 is 0 Å². The highest BCUT2D eigenvalue weighted by Gasteiger charge is 2.18. The van der Waals surface area contributed by atoms with Crippen molar-refractivity contribution in [1.82, 2.24) is 5.32 Å². The smallest absolute Gasteiger partial charge is 0.249 e. The van der Waals surface area contributed by atoms with Crippen LogP contribution >= 0.6 is 0 Å². The molecule has 0 saturated heterocycles. The summed E-state index contributed by atoms with van der Waals surface area (Å²) in [6, 6.07) is 9.21. The molecule has 1 aliphatic heterocycles. The molecule has 0 aliphatic carbocycles. The molecule has 0 unspecified atom stereocenters. The second-order valence-corrected chi connectivity index (χ2v) is 2.94. The van der Waals surface area contributed by atoms with Crippen molar-refractivity contribution in [2.75, 3.05) is 0 Å². The van der Waals surface area contributed by atoms with Crippen LogP contribution in [0.2, 0.25) is 0 Å². The number of halogens is 1. The SMILES string of the molecule is O=C1C=C(c2ccccc2)/C(=C/F)N1. The fourth-order valence-corrected chi connectivity index (χ4v) is 1.39. The van der Waals surface area contributed by atoms with E-state index in [-0.39, 0.29) is 11.6 Å². The van der Waals surface area contributed by atoms with Gasteiger partial charge in [-0.25, -0.2) is 4.39 Å². The molecule has 1 amide bonds. The monoisotopic (exact) mass is 189 g/mol. The van der Waals surface area contributed by atoms with Gasteiger partial charge in [0.25, 0.3) is 0 Å². The summed E-state index contributed by atoms with van der Waals surface area (Å²) in [4.78, 5) is 11.0. The number of amides is 1. The molecule has 2 nitrogen and oxygen atoms in total. The van der Waals surface area contributed by atoms with Crippen molar-refractivity contribution in [3.63, 3.8) is 0 Å². The fraction of sp³-hybridized carbons (Fsp3) is 0. The van der Waals surface area contributed by atoms with E-state index in [1.807, 2.05) is 30.3 Å². The maximum Gasteiger partial charge on any atom is 0.249 e. The van der Waals surface area contributed by atoms with Gasteiger partial charge in [-0.3, -0.25) is 4.79 Å². The molecule has 0 saturated carbocycles. The van der Waals surface area contributed by atoms with E-state index < -0.39 is 0 Å². The average molecular weight is 189 g/mol. The highest BCUT2D eigenvalue weighted by molar-refractivity contribution is 6.06. The Labute approximate surface area is 80.7 Å². The summed E-state index contributed by atoms with van der Waals surface area (Å²) in [6.07, 6.45) is 1.80. The highest BCUT2D eigenvalue weighted by Crippen LogP contribution is 2.24. The van der Waals surface area contributed by atoms with Gasteiger partial charge in [0.2, 0.25) is 5.91 Å². The molecule has 14 heavy (non-hydrogen) atoms. The lowest BCUT2D eigenvalue weighted by Gasteiger charge is -2.02. The molecule has 1 aromatic rings. The van der Waals surface area contributed by atoms with Crippen molar-refractivity contribution >= 4 is 11.5 Å². The normalized spacial score (nSPS) is 18.2. The zero-order valence-corrected chi connectivity index (χ0v) is 7.33. The predicted octanol–water partition coefficient (Wildman–Crippen LogP) is 2.01. The summed E-state index contributed by atoms with van der Waals surface area (Å²) in [5.74, 6) is -0.284. The van der Waals surface area contributed by atoms with Crippen LogP contribution < -0.4 is 5.32 Å². The minimum absolute atomic E-state index is 0.223. The molecule has 1 N–H and O–H groups in total. The molecule has 0 atom stereocenters. The van der Waals surface area contributed by atoms with Crippen molar-refractivity contribution in [3.05, 3.63) is 54.0 Å². The number of benzene rings is 1. The Morgan fingerprint density at radius 3 is 2.57 bits per heavy atom. The van der Waals surface area contributed by atoms with E-state index in [0.717, 1.165) is 5.56 Å². The van der Waals surface area contributed by atoms with E-state index >= 15 is 0 Å². The van der Waals surface area contributed by atoms with E-state index in [4.69, 9.17) is 0 Å². The first-order valence-corrected chi connectivity index (χ1v) is 4.20. The van der Waals surface area contributed by atoms with Gasteiger partial charge in [-0.15, -0.1) is 0 Å². The minimum atomic E-state index is -0.284. The van der Waals surface area contributed by atoms with E-state index in [1.54, 1.807) is 0 Å². The summed E-state index contributed by atoms with van der Waals surface area (Å²) in [5, 5.41) is 2.41. The van der Waals surface area contributed by atoms with Gasteiger partial charge in [-0.2, -0.15) is 0 Å².